The molecule has 3 amide bonds. The number of hydrogen-bond acceptors (Lipinski definition) is 5. The van der Waals surface area contributed by atoms with Crippen molar-refractivity contribution in [2.75, 3.05) is 14.2 Å². The average molecular weight is 490 g/mol. The summed E-state index contributed by atoms with van der Waals surface area (Å²) in [5.41, 5.74) is 0.973. The number of carbonyl (C=O) groups is 3. The Kier molecular flexibility index (Phi) is 8.67. The summed E-state index contributed by atoms with van der Waals surface area (Å²) in [4.78, 5) is 38.8. The van der Waals surface area contributed by atoms with Gasteiger partial charge in [-0.2, -0.15) is 0 Å². The van der Waals surface area contributed by atoms with Crippen molar-refractivity contribution < 1.29 is 23.9 Å². The second kappa shape index (κ2) is 11.9. The van der Waals surface area contributed by atoms with Crippen LogP contribution < -0.4 is 25.4 Å². The molecule has 0 aliphatic carbocycles. The predicted molar refractivity (Wildman–Crippen MR) is 137 cm³/mol. The number of carbonyl (C=O) groups excluding carboxylic acids is 3. The Morgan fingerprint density at radius 3 is 1.58 bits per heavy atom. The monoisotopic (exact) mass is 489 g/mol. The van der Waals surface area contributed by atoms with Gasteiger partial charge in [-0.3, -0.25) is 14.4 Å². The van der Waals surface area contributed by atoms with Gasteiger partial charge in [-0.05, 0) is 61.4 Å². The van der Waals surface area contributed by atoms with Crippen molar-refractivity contribution >= 4 is 17.7 Å². The minimum absolute atomic E-state index is 0.181. The first-order chi connectivity index (χ1) is 17.2. The molecule has 188 valence electrons. The Hall–Kier alpha value is -4.33. The highest BCUT2D eigenvalue weighted by molar-refractivity contribution is 6.08. The van der Waals surface area contributed by atoms with Crippen molar-refractivity contribution in [2.45, 2.75) is 32.5 Å². The summed E-state index contributed by atoms with van der Waals surface area (Å²) in [6, 6.07) is 21.1. The Balaban J connectivity index is 1.62. The van der Waals surface area contributed by atoms with Crippen LogP contribution in [0.2, 0.25) is 0 Å². The van der Waals surface area contributed by atoms with Gasteiger partial charge in [0, 0.05) is 13.1 Å². The van der Waals surface area contributed by atoms with Gasteiger partial charge in [0.2, 0.25) is 5.91 Å². The Morgan fingerprint density at radius 1 is 0.667 bits per heavy atom. The molecule has 0 fully saturated rings. The lowest BCUT2D eigenvalue weighted by molar-refractivity contribution is -0.126. The van der Waals surface area contributed by atoms with Crippen LogP contribution >= 0.6 is 0 Å². The summed E-state index contributed by atoms with van der Waals surface area (Å²) in [5, 5.41) is 8.41. The molecule has 0 atom stereocenters. The second-order valence-electron chi connectivity index (χ2n) is 8.69. The smallest absolute Gasteiger partial charge is 0.252 e. The molecule has 3 N–H and O–H groups in total. The normalized spacial score (nSPS) is 10.8. The van der Waals surface area contributed by atoms with Crippen LogP contribution in [0.15, 0.2) is 72.8 Å². The molecular weight excluding hydrogens is 458 g/mol. The number of ether oxygens (including phenoxy) is 2. The molecule has 0 aromatic heterocycles. The van der Waals surface area contributed by atoms with Crippen molar-refractivity contribution in [3.8, 4) is 11.5 Å². The maximum atomic E-state index is 13.1. The third-order valence-electron chi connectivity index (χ3n) is 5.63. The zero-order valence-electron chi connectivity index (χ0n) is 20.9. The van der Waals surface area contributed by atoms with Crippen molar-refractivity contribution in [2.24, 2.45) is 0 Å². The van der Waals surface area contributed by atoms with Gasteiger partial charge in [0.15, 0.2) is 0 Å². The van der Waals surface area contributed by atoms with E-state index in [1.54, 1.807) is 52.3 Å². The second-order valence-corrected chi connectivity index (χ2v) is 8.69. The van der Waals surface area contributed by atoms with Gasteiger partial charge >= 0.3 is 0 Å². The lowest BCUT2D eigenvalue weighted by atomic mass is 10.0. The van der Waals surface area contributed by atoms with E-state index in [4.69, 9.17) is 9.47 Å². The van der Waals surface area contributed by atoms with Crippen LogP contribution in [0.1, 0.15) is 45.7 Å². The molecule has 0 saturated carbocycles. The lowest BCUT2D eigenvalue weighted by Crippen LogP contribution is -2.54. The molecule has 8 heteroatoms. The van der Waals surface area contributed by atoms with Gasteiger partial charge in [0.25, 0.3) is 11.8 Å². The van der Waals surface area contributed by atoms with E-state index in [0.717, 1.165) is 22.6 Å². The molecule has 3 aromatic carbocycles. The maximum absolute atomic E-state index is 13.1. The molecule has 0 heterocycles. The molecule has 0 radical (unpaired) electrons. The fourth-order valence-electron chi connectivity index (χ4n) is 3.45. The average Bonchev–Trinajstić information content (AvgIpc) is 2.90. The van der Waals surface area contributed by atoms with Gasteiger partial charge in [0.1, 0.15) is 17.0 Å². The zero-order chi connectivity index (χ0) is 26.1. The number of methoxy groups -OCH3 is 2. The van der Waals surface area contributed by atoms with Gasteiger partial charge in [-0.15, -0.1) is 0 Å². The Morgan fingerprint density at radius 2 is 1.11 bits per heavy atom. The minimum Gasteiger partial charge on any atom is -0.497 e. The zero-order valence-corrected chi connectivity index (χ0v) is 20.9. The first-order valence-electron chi connectivity index (χ1n) is 11.5. The summed E-state index contributed by atoms with van der Waals surface area (Å²) in [6.45, 7) is 3.81. The van der Waals surface area contributed by atoms with Crippen LogP contribution in [0.3, 0.4) is 0 Å². The molecular formula is C28H31N3O5. The van der Waals surface area contributed by atoms with Crippen LogP contribution in [0.25, 0.3) is 0 Å². The molecule has 8 nitrogen and oxygen atoms in total. The molecule has 3 aromatic rings. The van der Waals surface area contributed by atoms with E-state index in [1.165, 1.54) is 0 Å². The highest BCUT2D eigenvalue weighted by Gasteiger charge is 2.30. The van der Waals surface area contributed by atoms with Gasteiger partial charge in [-0.1, -0.05) is 36.4 Å². The summed E-state index contributed by atoms with van der Waals surface area (Å²) < 4.78 is 10.3. The van der Waals surface area contributed by atoms with Gasteiger partial charge in [-0.25, -0.2) is 0 Å². The van der Waals surface area contributed by atoms with Crippen molar-refractivity contribution in [3.05, 3.63) is 95.1 Å². The van der Waals surface area contributed by atoms with E-state index < -0.39 is 17.4 Å². The van der Waals surface area contributed by atoms with Crippen LogP contribution in [-0.2, 0) is 17.9 Å². The van der Waals surface area contributed by atoms with Crippen molar-refractivity contribution in [3.63, 3.8) is 0 Å². The molecule has 0 saturated heterocycles. The highest BCUT2D eigenvalue weighted by atomic mass is 16.5. The van der Waals surface area contributed by atoms with Crippen LogP contribution in [-0.4, -0.2) is 37.5 Å². The van der Waals surface area contributed by atoms with Crippen molar-refractivity contribution in [1.82, 2.24) is 16.0 Å². The van der Waals surface area contributed by atoms with E-state index in [2.05, 4.69) is 16.0 Å². The Bertz CT molecular complexity index is 1200. The fourth-order valence-corrected chi connectivity index (χ4v) is 3.45. The van der Waals surface area contributed by atoms with Crippen LogP contribution in [0.5, 0.6) is 11.5 Å². The molecule has 0 aliphatic heterocycles. The largest absolute Gasteiger partial charge is 0.497 e. The number of amides is 3. The molecule has 3 rings (SSSR count). The Labute approximate surface area is 211 Å². The summed E-state index contributed by atoms with van der Waals surface area (Å²) in [5.74, 6) is 0.188. The summed E-state index contributed by atoms with van der Waals surface area (Å²) >= 11 is 0. The van der Waals surface area contributed by atoms with E-state index in [0.29, 0.717) is 6.54 Å². The predicted octanol–water partition coefficient (Wildman–Crippen LogP) is 3.46. The minimum atomic E-state index is -1.21. The topological polar surface area (TPSA) is 106 Å². The van der Waals surface area contributed by atoms with E-state index in [-0.39, 0.29) is 23.6 Å². The SMILES string of the molecule is COc1ccc(CNC(=O)c2ccccc2C(=O)NC(C)(C)C(=O)NCc2ccc(OC)cc2)cc1. The molecule has 0 bridgehead atoms. The van der Waals surface area contributed by atoms with E-state index in [1.807, 2.05) is 48.5 Å². The third kappa shape index (κ3) is 6.85. The molecule has 0 spiro atoms. The number of rotatable bonds is 10. The first kappa shape index (κ1) is 26.3. The first-order valence-corrected chi connectivity index (χ1v) is 11.5. The highest BCUT2D eigenvalue weighted by Crippen LogP contribution is 2.15. The van der Waals surface area contributed by atoms with Crippen LogP contribution in [0, 0.1) is 0 Å². The van der Waals surface area contributed by atoms with Crippen LogP contribution in [0.4, 0.5) is 0 Å². The van der Waals surface area contributed by atoms with Gasteiger partial charge < -0.3 is 25.4 Å². The fraction of sp³-hybridized carbons (Fsp3) is 0.250. The number of nitrogens with one attached hydrogen (secondary N) is 3. The van der Waals surface area contributed by atoms with Gasteiger partial charge in [0.05, 0.1) is 25.3 Å². The number of benzene rings is 3. The summed E-state index contributed by atoms with van der Waals surface area (Å²) in [6.07, 6.45) is 0. The summed E-state index contributed by atoms with van der Waals surface area (Å²) in [7, 11) is 3.18. The lowest BCUT2D eigenvalue weighted by Gasteiger charge is -2.25. The molecule has 36 heavy (non-hydrogen) atoms. The number of hydrogen-bond donors (Lipinski definition) is 3. The molecule has 0 unspecified atom stereocenters. The third-order valence-corrected chi connectivity index (χ3v) is 5.63. The van der Waals surface area contributed by atoms with E-state index >= 15 is 0 Å². The van der Waals surface area contributed by atoms with Crippen molar-refractivity contribution in [1.29, 1.82) is 0 Å². The quantitative estimate of drug-likeness (QED) is 0.405. The molecule has 0 aliphatic rings. The standard InChI is InChI=1S/C28H31N3O5/c1-28(2,27(34)30-18-20-11-15-22(36-4)16-12-20)31-26(33)24-8-6-5-7-23(24)25(32)29-17-19-9-13-21(35-3)14-10-19/h5-16H,17-18H2,1-4H3,(H,29,32)(H,30,34)(H,31,33). The van der Waals surface area contributed by atoms with E-state index in [9.17, 15) is 14.4 Å². The maximum Gasteiger partial charge on any atom is 0.252 e.